The number of aliphatic hydroxyl groups excluding tert-OH is 1. The largest absolute Gasteiger partial charge is 0.392 e. The number of aliphatic hydroxyl groups is 1. The lowest BCUT2D eigenvalue weighted by Gasteiger charge is -2.26. The first-order valence-corrected chi connectivity index (χ1v) is 13.3. The average Bonchev–Trinajstić information content (AvgIpc) is 3.22. The summed E-state index contributed by atoms with van der Waals surface area (Å²) in [7, 11) is 1.73. The average molecular weight is 494 g/mol. The Balaban J connectivity index is 1.77. The van der Waals surface area contributed by atoms with Gasteiger partial charge in [-0.1, -0.05) is 27.2 Å². The van der Waals surface area contributed by atoms with Gasteiger partial charge in [0.15, 0.2) is 0 Å². The van der Waals surface area contributed by atoms with Crippen LogP contribution in [0.5, 0.6) is 0 Å². The van der Waals surface area contributed by atoms with Crippen LogP contribution < -0.4 is 0 Å². The highest BCUT2D eigenvalue weighted by Gasteiger charge is 2.52. The number of hydrogen-bond donors (Lipinski definition) is 1. The van der Waals surface area contributed by atoms with Gasteiger partial charge < -0.3 is 19.4 Å². The maximum Gasteiger partial charge on any atom is 0.141 e. The Morgan fingerprint density at radius 1 is 1.44 bits per heavy atom. The fourth-order valence-electron chi connectivity index (χ4n) is 4.44. The molecular weight excluding hydrogens is 450 g/mol. The van der Waals surface area contributed by atoms with Crippen molar-refractivity contribution in [2.45, 2.75) is 110 Å². The van der Waals surface area contributed by atoms with Crippen LogP contribution in [0.25, 0.3) is 6.08 Å². The first kappa shape index (κ1) is 28.8. The first-order valence-electron chi connectivity index (χ1n) is 12.4. The van der Waals surface area contributed by atoms with Crippen molar-refractivity contribution in [1.82, 2.24) is 4.98 Å². The Morgan fingerprint density at radius 3 is 2.74 bits per heavy atom. The number of aldehydes is 1. The summed E-state index contributed by atoms with van der Waals surface area (Å²) in [6.07, 6.45) is 6.93. The lowest BCUT2D eigenvalue weighted by molar-refractivity contribution is -0.130. The quantitative estimate of drug-likeness (QED) is 0.240. The van der Waals surface area contributed by atoms with Gasteiger partial charge in [0.25, 0.3) is 0 Å². The molecule has 34 heavy (non-hydrogen) atoms. The van der Waals surface area contributed by atoms with Crippen LogP contribution in [-0.4, -0.2) is 53.2 Å². The second-order valence-electron chi connectivity index (χ2n) is 10.7. The molecule has 1 saturated heterocycles. The number of ketones is 1. The van der Waals surface area contributed by atoms with E-state index >= 15 is 0 Å². The summed E-state index contributed by atoms with van der Waals surface area (Å²) in [5.74, 6) is 0.0539. The summed E-state index contributed by atoms with van der Waals surface area (Å²) in [6.45, 7) is 11.9. The van der Waals surface area contributed by atoms with Crippen molar-refractivity contribution < 1.29 is 24.2 Å². The van der Waals surface area contributed by atoms with Crippen molar-refractivity contribution >= 4 is 29.5 Å². The number of rotatable bonds is 16. The van der Waals surface area contributed by atoms with Crippen molar-refractivity contribution in [3.8, 4) is 0 Å². The zero-order valence-electron chi connectivity index (χ0n) is 21.9. The van der Waals surface area contributed by atoms with E-state index < -0.39 is 11.5 Å². The van der Waals surface area contributed by atoms with E-state index in [4.69, 9.17) is 9.47 Å². The van der Waals surface area contributed by atoms with Gasteiger partial charge >= 0.3 is 0 Å². The zero-order valence-corrected chi connectivity index (χ0v) is 22.7. The van der Waals surface area contributed by atoms with E-state index in [9.17, 15) is 14.7 Å². The Kier molecular flexibility index (Phi) is 10.6. The van der Waals surface area contributed by atoms with E-state index in [0.717, 1.165) is 48.2 Å². The predicted octanol–water partition coefficient (Wildman–Crippen LogP) is 5.55. The number of carbonyl (C=O) groups is 2. The molecule has 1 aliphatic rings. The number of nitrogens with zero attached hydrogens (tertiary/aromatic N) is 1. The number of hydrogen-bond acceptors (Lipinski definition) is 7. The van der Waals surface area contributed by atoms with Crippen LogP contribution in [0.3, 0.4) is 0 Å². The molecule has 0 saturated carbocycles. The number of methoxy groups -OCH3 is 1. The minimum Gasteiger partial charge on any atom is -0.392 e. The first-order chi connectivity index (χ1) is 15.9. The van der Waals surface area contributed by atoms with Crippen LogP contribution in [-0.2, 0) is 19.1 Å². The molecule has 1 N–H and O–H groups in total. The Bertz CT molecular complexity index is 848. The highest BCUT2D eigenvalue weighted by molar-refractivity contribution is 7.09. The second kappa shape index (κ2) is 12.5. The van der Waals surface area contributed by atoms with Gasteiger partial charge in [0.05, 0.1) is 34.6 Å². The molecule has 6 nitrogen and oxygen atoms in total. The van der Waals surface area contributed by atoms with Crippen molar-refractivity contribution in [2.24, 2.45) is 11.3 Å². The fraction of sp³-hybridized carbons (Fsp3) is 0.741. The van der Waals surface area contributed by atoms with E-state index in [1.165, 1.54) is 0 Å². The van der Waals surface area contributed by atoms with Crippen molar-refractivity contribution in [3.05, 3.63) is 21.7 Å². The number of aromatic nitrogens is 1. The summed E-state index contributed by atoms with van der Waals surface area (Å²) in [6, 6.07) is 0. The molecule has 0 aliphatic carbocycles. The highest BCUT2D eigenvalue weighted by Crippen LogP contribution is 2.44. The number of carbonyl (C=O) groups excluding carboxylic acids is 2. The molecular formula is C27H43NO5S. The maximum absolute atomic E-state index is 12.6. The summed E-state index contributed by atoms with van der Waals surface area (Å²) < 4.78 is 11.8. The molecule has 5 unspecified atom stereocenters. The molecule has 7 heteroatoms. The van der Waals surface area contributed by atoms with Crippen LogP contribution in [0, 0.1) is 18.3 Å². The maximum atomic E-state index is 12.6. The number of aryl methyl sites for hydroxylation is 1. The molecule has 1 aromatic rings. The van der Waals surface area contributed by atoms with Crippen LogP contribution in [0.15, 0.2) is 11.0 Å². The molecule has 2 heterocycles. The molecule has 0 spiro atoms. The van der Waals surface area contributed by atoms with Gasteiger partial charge in [-0.25, -0.2) is 4.98 Å². The molecule has 0 radical (unpaired) electrons. The molecule has 0 bridgehead atoms. The van der Waals surface area contributed by atoms with Gasteiger partial charge in [-0.2, -0.15) is 0 Å². The highest BCUT2D eigenvalue weighted by atomic mass is 32.1. The van der Waals surface area contributed by atoms with Gasteiger partial charge in [-0.15, -0.1) is 11.3 Å². The third-order valence-corrected chi connectivity index (χ3v) is 8.09. The van der Waals surface area contributed by atoms with Gasteiger partial charge in [-0.05, 0) is 57.6 Å². The van der Waals surface area contributed by atoms with Crippen LogP contribution >= 0.6 is 11.3 Å². The third-order valence-electron chi connectivity index (χ3n) is 7.29. The number of Topliss-reactive ketones (excluding diaryl/α,β-unsaturated/α-hetero) is 1. The van der Waals surface area contributed by atoms with E-state index in [1.54, 1.807) is 18.4 Å². The SMILES string of the molecule is COC(CC1OC1(C)CCCC(C)C(O)CC(=O)C(C)(C)CCC=O)/C(C)=C/c1csc(C)n1. The van der Waals surface area contributed by atoms with Crippen molar-refractivity contribution in [1.29, 1.82) is 0 Å². The number of ether oxygens (including phenoxy) is 2. The van der Waals surface area contributed by atoms with E-state index in [0.29, 0.717) is 12.8 Å². The molecule has 192 valence electrons. The van der Waals surface area contributed by atoms with Gasteiger partial charge in [0, 0.05) is 37.2 Å². The van der Waals surface area contributed by atoms with Crippen LogP contribution in [0.4, 0.5) is 0 Å². The monoisotopic (exact) mass is 493 g/mol. The summed E-state index contributed by atoms with van der Waals surface area (Å²) in [4.78, 5) is 27.7. The molecule has 5 atom stereocenters. The lowest BCUT2D eigenvalue weighted by Crippen LogP contribution is -2.31. The van der Waals surface area contributed by atoms with E-state index in [2.05, 4.69) is 30.3 Å². The summed E-state index contributed by atoms with van der Waals surface area (Å²) in [5, 5.41) is 13.7. The smallest absolute Gasteiger partial charge is 0.141 e. The van der Waals surface area contributed by atoms with Gasteiger partial charge in [-0.3, -0.25) is 4.79 Å². The molecule has 1 aliphatic heterocycles. The van der Waals surface area contributed by atoms with Crippen LogP contribution in [0.1, 0.15) is 90.3 Å². The number of epoxide rings is 1. The van der Waals surface area contributed by atoms with E-state index in [1.807, 2.05) is 27.7 Å². The normalized spacial score (nSPS) is 23.4. The van der Waals surface area contributed by atoms with E-state index in [-0.39, 0.29) is 35.9 Å². The fourth-order valence-corrected chi connectivity index (χ4v) is 5.01. The standard InChI is InChI=1S/C27H43NO5S/c1-18(22(30)15-24(31)26(4,5)11-9-13-29)10-8-12-27(6)25(33-27)16-23(32-7)19(2)14-21-17-34-20(3)28-21/h13-14,17-18,22-23,25,30H,8-12,15-16H2,1-7H3/b19-14+. The van der Waals surface area contributed by atoms with Gasteiger partial charge in [0.1, 0.15) is 12.1 Å². The molecule has 2 rings (SSSR count). The predicted molar refractivity (Wildman–Crippen MR) is 137 cm³/mol. The minimum absolute atomic E-state index is 0.0110. The molecule has 0 aromatic carbocycles. The number of thiazole rings is 1. The van der Waals surface area contributed by atoms with Gasteiger partial charge in [0.2, 0.25) is 0 Å². The minimum atomic E-state index is -0.660. The van der Waals surface area contributed by atoms with Crippen molar-refractivity contribution in [2.75, 3.05) is 7.11 Å². The van der Waals surface area contributed by atoms with Crippen molar-refractivity contribution in [3.63, 3.8) is 0 Å². The second-order valence-corrected chi connectivity index (χ2v) is 11.8. The molecule has 1 fully saturated rings. The molecule has 1 aromatic heterocycles. The third kappa shape index (κ3) is 8.36. The summed E-state index contributed by atoms with van der Waals surface area (Å²) >= 11 is 1.64. The topological polar surface area (TPSA) is 89.0 Å². The lowest BCUT2D eigenvalue weighted by atomic mass is 9.79. The molecule has 0 amide bonds. The van der Waals surface area contributed by atoms with Crippen LogP contribution in [0.2, 0.25) is 0 Å². The summed E-state index contributed by atoms with van der Waals surface area (Å²) in [5.41, 5.74) is 1.38. The Hall–Kier alpha value is -1.41. The Labute approximate surface area is 209 Å². The Morgan fingerprint density at radius 2 is 2.15 bits per heavy atom. The zero-order chi connectivity index (χ0) is 25.5.